The number of nitrogens with two attached hydrogens (primary N) is 1. The van der Waals surface area contributed by atoms with E-state index in [1.165, 1.54) is 6.42 Å². The van der Waals surface area contributed by atoms with Crippen LogP contribution in [0.15, 0.2) is 12.3 Å². The van der Waals surface area contributed by atoms with Crippen molar-refractivity contribution < 1.29 is 0 Å². The lowest BCUT2D eigenvalue weighted by molar-refractivity contribution is 0.261. The van der Waals surface area contributed by atoms with Crippen LogP contribution < -0.4 is 5.73 Å². The summed E-state index contributed by atoms with van der Waals surface area (Å²) in [7, 11) is 0. The van der Waals surface area contributed by atoms with Gasteiger partial charge in [-0.25, -0.2) is 9.97 Å². The summed E-state index contributed by atoms with van der Waals surface area (Å²) >= 11 is 5.95. The van der Waals surface area contributed by atoms with Crippen molar-refractivity contribution in [3.05, 3.63) is 17.3 Å². The zero-order valence-electron chi connectivity index (χ0n) is 11.9. The Bertz CT molecular complexity index is 621. The predicted molar refractivity (Wildman–Crippen MR) is 81.8 cm³/mol. The molecule has 0 aromatic carbocycles. The van der Waals surface area contributed by atoms with Gasteiger partial charge in [-0.1, -0.05) is 11.6 Å². The number of pyridine rings is 1. The molecule has 0 saturated carbocycles. The molecule has 0 radical (unpaired) electrons. The summed E-state index contributed by atoms with van der Waals surface area (Å²) in [4.78, 5) is 11.2. The third kappa shape index (κ3) is 2.47. The summed E-state index contributed by atoms with van der Waals surface area (Å²) in [6.07, 6.45) is 2.85. The minimum absolute atomic E-state index is 0.526. The Morgan fingerprint density at radius 2 is 2.30 bits per heavy atom. The number of nitrogens with zero attached hydrogens (tertiary/aromatic N) is 4. The van der Waals surface area contributed by atoms with Crippen molar-refractivity contribution in [2.24, 2.45) is 5.92 Å². The number of nitrogen functional groups attached to an aromatic ring is 1. The molecule has 2 N–H and O–H groups in total. The van der Waals surface area contributed by atoms with Crippen LogP contribution in [0.1, 0.15) is 20.3 Å². The lowest BCUT2D eigenvalue weighted by atomic mass is 10.1. The number of hydrogen-bond acceptors (Lipinski definition) is 4. The van der Waals surface area contributed by atoms with Crippen LogP contribution >= 0.6 is 11.6 Å². The largest absolute Gasteiger partial charge is 0.369 e. The highest BCUT2D eigenvalue weighted by molar-refractivity contribution is 6.31. The van der Waals surface area contributed by atoms with E-state index in [4.69, 9.17) is 17.3 Å². The fraction of sp³-hybridized carbons (Fsp3) is 0.571. The highest BCUT2D eigenvalue weighted by atomic mass is 35.5. The van der Waals surface area contributed by atoms with Crippen LogP contribution in [0.3, 0.4) is 0 Å². The molecule has 0 aliphatic carbocycles. The molecule has 20 heavy (non-hydrogen) atoms. The quantitative estimate of drug-likeness (QED) is 0.944. The van der Waals surface area contributed by atoms with Crippen molar-refractivity contribution in [2.45, 2.75) is 32.9 Å². The molecule has 0 spiro atoms. The SMILES string of the molecule is CC(C)N1CCC(Cn2c(N)nc3cc(Cl)cnc32)C1. The molecule has 1 saturated heterocycles. The van der Waals surface area contributed by atoms with Gasteiger partial charge >= 0.3 is 0 Å². The smallest absolute Gasteiger partial charge is 0.202 e. The third-order valence-corrected chi connectivity index (χ3v) is 4.28. The average Bonchev–Trinajstić information content (AvgIpc) is 2.96. The highest BCUT2D eigenvalue weighted by Crippen LogP contribution is 2.25. The van der Waals surface area contributed by atoms with Gasteiger partial charge in [0.2, 0.25) is 5.95 Å². The fourth-order valence-corrected chi connectivity index (χ4v) is 3.07. The van der Waals surface area contributed by atoms with Gasteiger partial charge in [0.1, 0.15) is 5.52 Å². The lowest BCUT2D eigenvalue weighted by Crippen LogP contribution is -2.28. The van der Waals surface area contributed by atoms with E-state index in [-0.39, 0.29) is 0 Å². The lowest BCUT2D eigenvalue weighted by Gasteiger charge is -2.20. The molecule has 1 aliphatic heterocycles. The average molecular weight is 294 g/mol. The van der Waals surface area contributed by atoms with Crippen LogP contribution in [0.25, 0.3) is 11.2 Å². The molecule has 3 rings (SSSR count). The molecule has 0 amide bonds. The number of anilines is 1. The maximum Gasteiger partial charge on any atom is 0.202 e. The number of hydrogen-bond donors (Lipinski definition) is 1. The summed E-state index contributed by atoms with van der Waals surface area (Å²) in [5.74, 6) is 1.13. The number of likely N-dealkylation sites (tertiary alicyclic amines) is 1. The molecule has 1 aliphatic rings. The van der Waals surface area contributed by atoms with Gasteiger partial charge in [-0.05, 0) is 38.8 Å². The van der Waals surface area contributed by atoms with E-state index in [2.05, 4.69) is 28.7 Å². The first-order valence-electron chi connectivity index (χ1n) is 7.06. The van der Waals surface area contributed by atoms with Crippen LogP contribution in [-0.4, -0.2) is 38.6 Å². The highest BCUT2D eigenvalue weighted by Gasteiger charge is 2.25. The van der Waals surface area contributed by atoms with Crippen molar-refractivity contribution >= 4 is 28.7 Å². The van der Waals surface area contributed by atoms with E-state index in [0.29, 0.717) is 22.9 Å². The molecular weight excluding hydrogens is 274 g/mol. The van der Waals surface area contributed by atoms with Gasteiger partial charge in [-0.15, -0.1) is 0 Å². The molecule has 6 heteroatoms. The Hall–Kier alpha value is -1.33. The molecule has 0 bridgehead atoms. The summed E-state index contributed by atoms with van der Waals surface area (Å²) in [5.41, 5.74) is 7.63. The van der Waals surface area contributed by atoms with Gasteiger partial charge in [0.15, 0.2) is 5.65 Å². The van der Waals surface area contributed by atoms with Crippen molar-refractivity contribution in [1.82, 2.24) is 19.4 Å². The van der Waals surface area contributed by atoms with Crippen LogP contribution in [0, 0.1) is 5.92 Å². The van der Waals surface area contributed by atoms with Crippen LogP contribution in [0.5, 0.6) is 0 Å². The number of halogens is 1. The zero-order valence-corrected chi connectivity index (χ0v) is 12.6. The van der Waals surface area contributed by atoms with E-state index in [9.17, 15) is 0 Å². The molecule has 1 unspecified atom stereocenters. The molecule has 1 fully saturated rings. The van der Waals surface area contributed by atoms with Gasteiger partial charge in [0, 0.05) is 25.3 Å². The van der Waals surface area contributed by atoms with E-state index >= 15 is 0 Å². The third-order valence-electron chi connectivity index (χ3n) is 4.07. The van der Waals surface area contributed by atoms with Gasteiger partial charge < -0.3 is 10.6 Å². The molecule has 2 aromatic heterocycles. The van der Waals surface area contributed by atoms with Crippen molar-refractivity contribution in [2.75, 3.05) is 18.8 Å². The minimum Gasteiger partial charge on any atom is -0.369 e. The Kier molecular flexibility index (Phi) is 3.56. The first kappa shape index (κ1) is 13.6. The molecule has 1 atom stereocenters. The normalized spacial score (nSPS) is 20.3. The minimum atomic E-state index is 0.526. The van der Waals surface area contributed by atoms with E-state index < -0.39 is 0 Å². The van der Waals surface area contributed by atoms with Crippen molar-refractivity contribution in [1.29, 1.82) is 0 Å². The van der Waals surface area contributed by atoms with Crippen LogP contribution in [0.2, 0.25) is 5.02 Å². The van der Waals surface area contributed by atoms with Gasteiger partial charge in [-0.3, -0.25) is 4.57 Å². The second-order valence-electron chi connectivity index (χ2n) is 5.82. The number of imidazole rings is 1. The fourth-order valence-electron chi connectivity index (χ4n) is 2.92. The first-order valence-corrected chi connectivity index (χ1v) is 7.43. The molecule has 2 aromatic rings. The monoisotopic (exact) mass is 293 g/mol. The summed E-state index contributed by atoms with van der Waals surface area (Å²) < 4.78 is 2.01. The molecule has 5 nitrogen and oxygen atoms in total. The van der Waals surface area contributed by atoms with E-state index in [1.807, 2.05) is 10.6 Å². The Morgan fingerprint density at radius 1 is 1.50 bits per heavy atom. The second kappa shape index (κ2) is 5.22. The molecule has 3 heterocycles. The maximum atomic E-state index is 6.03. The topological polar surface area (TPSA) is 60.0 Å². The van der Waals surface area contributed by atoms with E-state index in [0.717, 1.165) is 30.8 Å². The molecular formula is C14H20ClN5. The first-order chi connectivity index (χ1) is 9.54. The summed E-state index contributed by atoms with van der Waals surface area (Å²) in [6.45, 7) is 7.64. The van der Waals surface area contributed by atoms with Crippen molar-refractivity contribution in [3.8, 4) is 0 Å². The summed E-state index contributed by atoms with van der Waals surface area (Å²) in [6, 6.07) is 2.42. The Labute approximate surface area is 123 Å². The predicted octanol–water partition coefficient (Wildman–Crippen LogP) is 2.40. The maximum absolute atomic E-state index is 6.03. The number of fused-ring (bicyclic) bond motifs is 1. The molecule has 108 valence electrons. The standard InChI is InChI=1S/C14H20ClN5/c1-9(2)19-4-3-10(7-19)8-20-13-12(18-14(20)16)5-11(15)6-17-13/h5-6,9-10H,3-4,7-8H2,1-2H3,(H2,16,18). The van der Waals surface area contributed by atoms with Crippen molar-refractivity contribution in [3.63, 3.8) is 0 Å². The number of aromatic nitrogens is 3. The van der Waals surface area contributed by atoms with Crippen LogP contribution in [-0.2, 0) is 6.54 Å². The summed E-state index contributed by atoms with van der Waals surface area (Å²) in [5, 5.41) is 0.592. The van der Waals surface area contributed by atoms with Gasteiger partial charge in [0.05, 0.1) is 5.02 Å². The number of rotatable bonds is 3. The Balaban J connectivity index is 1.83. The van der Waals surface area contributed by atoms with E-state index in [1.54, 1.807) is 6.20 Å². The van der Waals surface area contributed by atoms with Gasteiger partial charge in [0.25, 0.3) is 0 Å². The van der Waals surface area contributed by atoms with Crippen LogP contribution in [0.4, 0.5) is 5.95 Å². The zero-order chi connectivity index (χ0) is 14.3. The second-order valence-corrected chi connectivity index (χ2v) is 6.26. The Morgan fingerprint density at radius 3 is 3.00 bits per heavy atom. The van der Waals surface area contributed by atoms with Gasteiger partial charge in [-0.2, -0.15) is 0 Å².